The van der Waals surface area contributed by atoms with Crippen molar-refractivity contribution in [2.24, 2.45) is 0 Å². The molecule has 2 aliphatic rings. The summed E-state index contributed by atoms with van der Waals surface area (Å²) in [4.78, 5) is 17.5. The number of carbonyl (C=O) groups excluding carboxylic acids is 1. The number of benzene rings is 2. The van der Waals surface area contributed by atoms with Crippen molar-refractivity contribution in [3.8, 4) is 10.8 Å². The van der Waals surface area contributed by atoms with Gasteiger partial charge in [0.25, 0.3) is 0 Å². The molecule has 2 aromatic carbocycles. The number of aromatic nitrogens is 1. The van der Waals surface area contributed by atoms with Crippen LogP contribution >= 0.6 is 22.9 Å². The lowest BCUT2D eigenvalue weighted by Gasteiger charge is -2.31. The molecule has 0 saturated carbocycles. The lowest BCUT2D eigenvalue weighted by Crippen LogP contribution is -2.38. The van der Waals surface area contributed by atoms with Gasteiger partial charge in [-0.1, -0.05) is 29.8 Å². The van der Waals surface area contributed by atoms with Crippen LogP contribution in [0.1, 0.15) is 51.7 Å². The molecule has 0 spiro atoms. The van der Waals surface area contributed by atoms with E-state index >= 15 is 0 Å². The number of nitrogens with zero attached hydrogens (tertiary/aromatic N) is 2. The average molecular weight is 518 g/mol. The molecular formula is C29H28ClN3O2S. The third-order valence-electron chi connectivity index (χ3n) is 7.31. The fourth-order valence-corrected chi connectivity index (χ4v) is 7.02. The lowest BCUT2D eigenvalue weighted by molar-refractivity contribution is 0.194. The van der Waals surface area contributed by atoms with Crippen LogP contribution in [0, 0.1) is 6.92 Å². The largest absolute Gasteiger partial charge is 0.497 e. The molecule has 4 aromatic rings. The quantitative estimate of drug-likeness (QED) is 0.305. The number of rotatable bonds is 3. The summed E-state index contributed by atoms with van der Waals surface area (Å²) < 4.78 is 7.70. The van der Waals surface area contributed by atoms with Crippen LogP contribution in [0.25, 0.3) is 5.00 Å². The van der Waals surface area contributed by atoms with Gasteiger partial charge in [0.2, 0.25) is 0 Å². The minimum atomic E-state index is -0.260. The Labute approximate surface area is 220 Å². The fraction of sp³-hybridized carbons (Fsp3) is 0.276. The SMILES string of the molecule is COc1ccc([C@H]2c3cccn3-c3sc4c(c3CN2C(=O)Nc2cc(Cl)ccc2C)CCCC4)cc1. The highest BCUT2D eigenvalue weighted by molar-refractivity contribution is 7.15. The zero-order valence-corrected chi connectivity index (χ0v) is 22.0. The van der Waals surface area contributed by atoms with Crippen LogP contribution < -0.4 is 10.1 Å². The molecule has 5 nitrogen and oxygen atoms in total. The van der Waals surface area contributed by atoms with Gasteiger partial charge in [0, 0.05) is 27.3 Å². The highest BCUT2D eigenvalue weighted by atomic mass is 35.5. The Bertz CT molecular complexity index is 1440. The van der Waals surface area contributed by atoms with E-state index < -0.39 is 0 Å². The molecule has 0 fully saturated rings. The van der Waals surface area contributed by atoms with Crippen molar-refractivity contribution in [1.82, 2.24) is 9.47 Å². The molecule has 6 rings (SSSR count). The van der Waals surface area contributed by atoms with Crippen LogP contribution in [0.4, 0.5) is 10.5 Å². The summed E-state index contributed by atoms with van der Waals surface area (Å²) >= 11 is 8.16. The van der Waals surface area contributed by atoms with E-state index in [2.05, 4.69) is 40.3 Å². The number of ether oxygens (including phenoxy) is 1. The van der Waals surface area contributed by atoms with E-state index in [1.807, 2.05) is 53.5 Å². The molecular weight excluding hydrogens is 490 g/mol. The predicted molar refractivity (Wildman–Crippen MR) is 146 cm³/mol. The van der Waals surface area contributed by atoms with Crippen LogP contribution in [-0.4, -0.2) is 22.6 Å². The highest BCUT2D eigenvalue weighted by Crippen LogP contribution is 2.44. The number of aryl methyl sites for hydroxylation is 2. The third kappa shape index (κ3) is 3.98. The Morgan fingerprint density at radius 3 is 2.69 bits per heavy atom. The fourth-order valence-electron chi connectivity index (χ4n) is 5.44. The minimum absolute atomic E-state index is 0.141. The molecule has 0 radical (unpaired) electrons. The summed E-state index contributed by atoms with van der Waals surface area (Å²) in [5, 5.41) is 5.01. The summed E-state index contributed by atoms with van der Waals surface area (Å²) in [6.45, 7) is 2.53. The topological polar surface area (TPSA) is 46.5 Å². The van der Waals surface area contributed by atoms with Gasteiger partial charge in [-0.05, 0) is 85.7 Å². The Hall–Kier alpha value is -3.22. The molecule has 184 valence electrons. The monoisotopic (exact) mass is 517 g/mol. The molecule has 2 amide bonds. The van der Waals surface area contributed by atoms with Crippen LogP contribution in [0.2, 0.25) is 5.02 Å². The molecule has 0 saturated heterocycles. The van der Waals surface area contributed by atoms with Crippen LogP contribution in [0.15, 0.2) is 60.8 Å². The predicted octanol–water partition coefficient (Wildman–Crippen LogP) is 7.53. The Morgan fingerprint density at radius 1 is 1.08 bits per heavy atom. The summed E-state index contributed by atoms with van der Waals surface area (Å²) in [6.07, 6.45) is 6.77. The smallest absolute Gasteiger partial charge is 0.322 e. The number of halogens is 1. The van der Waals surface area contributed by atoms with Gasteiger partial charge in [-0.2, -0.15) is 0 Å². The Balaban J connectivity index is 1.49. The highest BCUT2D eigenvalue weighted by Gasteiger charge is 2.36. The first-order chi connectivity index (χ1) is 17.5. The van der Waals surface area contributed by atoms with Gasteiger partial charge in [-0.15, -0.1) is 11.3 Å². The number of anilines is 1. The van der Waals surface area contributed by atoms with E-state index in [1.165, 1.54) is 33.8 Å². The zero-order chi connectivity index (χ0) is 24.8. The minimum Gasteiger partial charge on any atom is -0.497 e. The molecule has 1 N–H and O–H groups in total. The molecule has 0 unspecified atom stereocenters. The molecule has 1 aliphatic heterocycles. The number of fused-ring (bicyclic) bond motifs is 5. The second kappa shape index (κ2) is 9.34. The lowest BCUT2D eigenvalue weighted by atomic mass is 9.95. The second-order valence-electron chi connectivity index (χ2n) is 9.49. The number of hydrogen-bond acceptors (Lipinski definition) is 3. The maximum Gasteiger partial charge on any atom is 0.322 e. The molecule has 0 bridgehead atoms. The molecule has 3 heterocycles. The third-order valence-corrected chi connectivity index (χ3v) is 8.88. The summed E-state index contributed by atoms with van der Waals surface area (Å²) in [5.74, 6) is 0.793. The number of hydrogen-bond donors (Lipinski definition) is 1. The Morgan fingerprint density at radius 2 is 1.89 bits per heavy atom. The zero-order valence-electron chi connectivity index (χ0n) is 20.4. The average Bonchev–Trinajstić information content (AvgIpc) is 3.48. The van der Waals surface area contributed by atoms with Gasteiger partial charge in [0.15, 0.2) is 0 Å². The van der Waals surface area contributed by atoms with E-state index in [4.69, 9.17) is 16.3 Å². The van der Waals surface area contributed by atoms with Crippen LogP contribution in [-0.2, 0) is 19.4 Å². The maximum atomic E-state index is 14.1. The van der Waals surface area contributed by atoms with Crippen molar-refractivity contribution in [1.29, 1.82) is 0 Å². The molecule has 1 aliphatic carbocycles. The van der Waals surface area contributed by atoms with Gasteiger partial charge >= 0.3 is 6.03 Å². The second-order valence-corrected chi connectivity index (χ2v) is 11.0. The first-order valence-electron chi connectivity index (χ1n) is 12.3. The van der Waals surface area contributed by atoms with Crippen molar-refractivity contribution < 1.29 is 9.53 Å². The van der Waals surface area contributed by atoms with Gasteiger partial charge in [0.05, 0.1) is 25.4 Å². The van der Waals surface area contributed by atoms with Crippen molar-refractivity contribution in [3.63, 3.8) is 0 Å². The van der Waals surface area contributed by atoms with E-state index in [0.29, 0.717) is 11.6 Å². The summed E-state index contributed by atoms with van der Waals surface area (Å²) in [6, 6.07) is 17.4. The van der Waals surface area contributed by atoms with Gasteiger partial charge in [0.1, 0.15) is 10.8 Å². The van der Waals surface area contributed by atoms with E-state index in [9.17, 15) is 4.79 Å². The van der Waals surface area contributed by atoms with E-state index in [1.54, 1.807) is 7.11 Å². The first kappa shape index (κ1) is 23.2. The molecule has 7 heteroatoms. The molecule has 36 heavy (non-hydrogen) atoms. The van der Waals surface area contributed by atoms with Crippen molar-refractivity contribution >= 4 is 34.7 Å². The van der Waals surface area contributed by atoms with E-state index in [0.717, 1.165) is 41.1 Å². The molecule has 2 aromatic heterocycles. The number of thiophene rings is 1. The van der Waals surface area contributed by atoms with Crippen LogP contribution in [0.3, 0.4) is 0 Å². The van der Waals surface area contributed by atoms with E-state index in [-0.39, 0.29) is 12.1 Å². The van der Waals surface area contributed by atoms with Crippen LogP contribution in [0.5, 0.6) is 5.75 Å². The summed E-state index contributed by atoms with van der Waals surface area (Å²) in [5.41, 5.74) is 6.54. The maximum absolute atomic E-state index is 14.1. The first-order valence-corrected chi connectivity index (χ1v) is 13.5. The number of urea groups is 1. The number of carbonyl (C=O) groups is 1. The number of amides is 2. The number of nitrogens with one attached hydrogen (secondary N) is 1. The van der Waals surface area contributed by atoms with Crippen molar-refractivity contribution in [3.05, 3.63) is 98.6 Å². The number of methoxy groups -OCH3 is 1. The van der Waals surface area contributed by atoms with Crippen molar-refractivity contribution in [2.45, 2.75) is 45.2 Å². The standard InChI is InChI=1S/C29H28ClN3O2S/c1-18-9-12-20(30)16-24(18)31-29(34)33-17-23-22-6-3-4-8-26(22)36-28(23)32-15-5-7-25(32)27(33)19-10-13-21(35-2)14-11-19/h5,7,9-16,27H,3-4,6,8,17H2,1-2H3,(H,31,34)/t27-/m0/s1. The Kier molecular flexibility index (Phi) is 6.02. The van der Waals surface area contributed by atoms with Gasteiger partial charge in [-0.25, -0.2) is 4.79 Å². The summed E-state index contributed by atoms with van der Waals surface area (Å²) in [7, 11) is 1.67. The van der Waals surface area contributed by atoms with Crippen molar-refractivity contribution in [2.75, 3.05) is 12.4 Å². The normalized spacial score (nSPS) is 16.5. The molecule has 1 atom stereocenters. The van der Waals surface area contributed by atoms with Gasteiger partial charge < -0.3 is 19.5 Å². The van der Waals surface area contributed by atoms with Gasteiger partial charge in [-0.3, -0.25) is 0 Å².